The van der Waals surface area contributed by atoms with Crippen LogP contribution in [-0.2, 0) is 0 Å². The molecule has 0 heterocycles. The first-order valence-electron chi connectivity index (χ1n) is 7.00. The molecule has 1 atom stereocenters. The Morgan fingerprint density at radius 3 is 2.53 bits per heavy atom. The molecule has 1 N–H and O–H groups in total. The van der Waals surface area contributed by atoms with Crippen LogP contribution in [0.25, 0.3) is 0 Å². The van der Waals surface area contributed by atoms with E-state index in [0.29, 0.717) is 0 Å². The first kappa shape index (κ1) is 11.4. The smallest absolute Gasteiger partial charge is 0.00389 e. The highest BCUT2D eigenvalue weighted by Gasteiger charge is 2.53. The van der Waals surface area contributed by atoms with Crippen LogP contribution in [0.5, 0.6) is 0 Å². The van der Waals surface area contributed by atoms with Gasteiger partial charge < -0.3 is 5.32 Å². The minimum atomic E-state index is 0.743. The van der Waals surface area contributed by atoms with Crippen LogP contribution >= 0.6 is 0 Å². The summed E-state index contributed by atoms with van der Waals surface area (Å²) in [6.45, 7) is 5.95. The molecule has 2 fully saturated rings. The lowest BCUT2D eigenvalue weighted by molar-refractivity contribution is 0.367. The predicted molar refractivity (Wildman–Crippen MR) is 66.0 cm³/mol. The minimum absolute atomic E-state index is 0.743. The Hall–Kier alpha value is -0.0400. The van der Waals surface area contributed by atoms with Crippen LogP contribution in [0, 0.1) is 11.3 Å². The zero-order valence-corrected chi connectivity index (χ0v) is 10.5. The third-order valence-corrected chi connectivity index (χ3v) is 4.38. The van der Waals surface area contributed by atoms with Gasteiger partial charge in [-0.15, -0.1) is 0 Å². The van der Waals surface area contributed by atoms with E-state index < -0.39 is 0 Å². The lowest BCUT2D eigenvalue weighted by Gasteiger charge is -2.19. The number of unbranched alkanes of at least 4 members (excludes halogenated alkanes) is 2. The lowest BCUT2D eigenvalue weighted by Crippen LogP contribution is -2.32. The number of nitrogens with one attached hydrogen (secondary N) is 1. The zero-order chi connectivity index (χ0) is 10.7. The van der Waals surface area contributed by atoms with E-state index in [1.54, 1.807) is 0 Å². The lowest BCUT2D eigenvalue weighted by atomic mass is 10.00. The molecule has 0 aromatic heterocycles. The molecule has 0 radical (unpaired) electrons. The molecule has 1 nitrogen and oxygen atoms in total. The molecular weight excluding hydrogens is 182 g/mol. The van der Waals surface area contributed by atoms with Crippen molar-refractivity contribution in [3.05, 3.63) is 0 Å². The molecule has 2 saturated carbocycles. The normalized spacial score (nSPS) is 25.2. The molecule has 2 rings (SSSR count). The summed E-state index contributed by atoms with van der Waals surface area (Å²) in [5.41, 5.74) is 0.777. The van der Waals surface area contributed by atoms with Gasteiger partial charge in [0.2, 0.25) is 0 Å². The van der Waals surface area contributed by atoms with Gasteiger partial charge in [0.05, 0.1) is 0 Å². The Morgan fingerprint density at radius 1 is 1.27 bits per heavy atom. The van der Waals surface area contributed by atoms with Gasteiger partial charge >= 0.3 is 0 Å². The van der Waals surface area contributed by atoms with Crippen molar-refractivity contribution in [3.8, 4) is 0 Å². The highest BCUT2D eigenvalue weighted by atomic mass is 14.9. The van der Waals surface area contributed by atoms with E-state index in [1.807, 2.05) is 0 Å². The minimum Gasteiger partial charge on any atom is -0.314 e. The maximum Gasteiger partial charge on any atom is 0.00389 e. The fraction of sp³-hybridized carbons (Fsp3) is 1.00. The molecule has 2 aliphatic rings. The summed E-state index contributed by atoms with van der Waals surface area (Å²) in [5, 5.41) is 3.77. The van der Waals surface area contributed by atoms with Crippen LogP contribution in [0.1, 0.15) is 65.2 Å². The van der Waals surface area contributed by atoms with Gasteiger partial charge in [0, 0.05) is 12.6 Å². The van der Waals surface area contributed by atoms with Crippen molar-refractivity contribution in [1.82, 2.24) is 5.32 Å². The van der Waals surface area contributed by atoms with Crippen LogP contribution in [0.4, 0.5) is 0 Å². The van der Waals surface area contributed by atoms with Gasteiger partial charge in [-0.1, -0.05) is 26.2 Å². The van der Waals surface area contributed by atoms with Gasteiger partial charge in [0.1, 0.15) is 0 Å². The van der Waals surface area contributed by atoms with E-state index >= 15 is 0 Å². The van der Waals surface area contributed by atoms with Crippen LogP contribution < -0.4 is 5.32 Å². The molecule has 1 unspecified atom stereocenters. The molecular formula is C14H27N. The van der Waals surface area contributed by atoms with Crippen LogP contribution in [-0.4, -0.2) is 12.6 Å². The van der Waals surface area contributed by atoms with Crippen LogP contribution in [0.2, 0.25) is 0 Å². The summed E-state index contributed by atoms with van der Waals surface area (Å²) in [4.78, 5) is 0. The van der Waals surface area contributed by atoms with Crippen molar-refractivity contribution in [1.29, 1.82) is 0 Å². The van der Waals surface area contributed by atoms with E-state index in [1.165, 1.54) is 57.9 Å². The van der Waals surface area contributed by atoms with E-state index in [9.17, 15) is 0 Å². The molecule has 0 aromatic rings. The van der Waals surface area contributed by atoms with Crippen molar-refractivity contribution in [2.45, 2.75) is 71.3 Å². The number of rotatable bonds is 8. The first-order chi connectivity index (χ1) is 7.27. The molecule has 2 aliphatic carbocycles. The van der Waals surface area contributed by atoms with E-state index in [4.69, 9.17) is 0 Å². The molecule has 1 heteroatoms. The Kier molecular flexibility index (Phi) is 3.71. The molecule has 0 spiro atoms. The molecule has 0 aliphatic heterocycles. The molecule has 0 bridgehead atoms. The average molecular weight is 209 g/mol. The van der Waals surface area contributed by atoms with E-state index in [0.717, 1.165) is 17.4 Å². The summed E-state index contributed by atoms with van der Waals surface area (Å²) in [5.74, 6) is 1.10. The standard InChI is InChI=1S/C14H27N/c1-3-4-5-6-12(2)15-11-14(9-10-14)13-7-8-13/h12-13,15H,3-11H2,1-2H3. The Bertz CT molecular complexity index is 192. The summed E-state index contributed by atoms with van der Waals surface area (Å²) < 4.78 is 0. The van der Waals surface area contributed by atoms with E-state index in [2.05, 4.69) is 19.2 Å². The zero-order valence-electron chi connectivity index (χ0n) is 10.5. The first-order valence-corrected chi connectivity index (χ1v) is 7.00. The average Bonchev–Trinajstić information content (AvgIpc) is 3.06. The third kappa shape index (κ3) is 3.21. The Morgan fingerprint density at radius 2 is 2.00 bits per heavy atom. The van der Waals surface area contributed by atoms with Gasteiger partial charge in [-0.2, -0.15) is 0 Å². The second-order valence-corrected chi connectivity index (χ2v) is 5.91. The fourth-order valence-corrected chi connectivity index (χ4v) is 2.77. The van der Waals surface area contributed by atoms with Gasteiger partial charge in [-0.25, -0.2) is 0 Å². The van der Waals surface area contributed by atoms with Gasteiger partial charge in [-0.3, -0.25) is 0 Å². The molecule has 0 amide bonds. The summed E-state index contributed by atoms with van der Waals surface area (Å²) in [6.07, 6.45) is 11.6. The molecule has 88 valence electrons. The SMILES string of the molecule is CCCCCC(C)NCC1(C2CC2)CC1. The topological polar surface area (TPSA) is 12.0 Å². The van der Waals surface area contributed by atoms with Crippen molar-refractivity contribution in [2.24, 2.45) is 11.3 Å². The van der Waals surface area contributed by atoms with Gasteiger partial charge in [-0.05, 0) is 50.4 Å². The monoisotopic (exact) mass is 209 g/mol. The second kappa shape index (κ2) is 4.86. The van der Waals surface area contributed by atoms with Crippen molar-refractivity contribution >= 4 is 0 Å². The van der Waals surface area contributed by atoms with Crippen molar-refractivity contribution in [3.63, 3.8) is 0 Å². The molecule has 0 aromatic carbocycles. The summed E-state index contributed by atoms with van der Waals surface area (Å²) >= 11 is 0. The predicted octanol–water partition coefficient (Wildman–Crippen LogP) is 3.74. The van der Waals surface area contributed by atoms with Crippen molar-refractivity contribution in [2.75, 3.05) is 6.54 Å². The Labute approximate surface area is 95.0 Å². The largest absolute Gasteiger partial charge is 0.314 e. The third-order valence-electron chi connectivity index (χ3n) is 4.38. The second-order valence-electron chi connectivity index (χ2n) is 5.91. The fourth-order valence-electron chi connectivity index (χ4n) is 2.77. The quantitative estimate of drug-likeness (QED) is 0.601. The molecule has 0 saturated heterocycles. The highest BCUT2D eigenvalue weighted by Crippen LogP contribution is 2.60. The van der Waals surface area contributed by atoms with Crippen LogP contribution in [0.3, 0.4) is 0 Å². The van der Waals surface area contributed by atoms with E-state index in [-0.39, 0.29) is 0 Å². The number of hydrogen-bond donors (Lipinski definition) is 1. The van der Waals surface area contributed by atoms with Crippen molar-refractivity contribution < 1.29 is 0 Å². The highest BCUT2D eigenvalue weighted by molar-refractivity contribution is 5.05. The van der Waals surface area contributed by atoms with Gasteiger partial charge in [0.15, 0.2) is 0 Å². The summed E-state index contributed by atoms with van der Waals surface area (Å²) in [6, 6.07) is 0.743. The van der Waals surface area contributed by atoms with Gasteiger partial charge in [0.25, 0.3) is 0 Å². The maximum absolute atomic E-state index is 3.77. The Balaban J connectivity index is 1.56. The van der Waals surface area contributed by atoms with Crippen LogP contribution in [0.15, 0.2) is 0 Å². The molecule has 15 heavy (non-hydrogen) atoms. The maximum atomic E-state index is 3.77. The summed E-state index contributed by atoms with van der Waals surface area (Å²) in [7, 11) is 0. The number of hydrogen-bond acceptors (Lipinski definition) is 1.